The first-order valence-corrected chi connectivity index (χ1v) is 10.1. The normalized spacial score (nSPS) is 13.4. The minimum absolute atomic E-state index is 0.135. The van der Waals surface area contributed by atoms with Crippen molar-refractivity contribution in [3.8, 4) is 0 Å². The summed E-state index contributed by atoms with van der Waals surface area (Å²) in [5.41, 5.74) is 2.91. The predicted molar refractivity (Wildman–Crippen MR) is 116 cm³/mol. The highest BCUT2D eigenvalue weighted by molar-refractivity contribution is 6.29. The van der Waals surface area contributed by atoms with Crippen molar-refractivity contribution >= 4 is 39.3 Å². The van der Waals surface area contributed by atoms with Crippen LogP contribution in [0, 0.1) is 0 Å². The maximum absolute atomic E-state index is 13.4. The molecule has 0 bridgehead atoms. The van der Waals surface area contributed by atoms with Crippen LogP contribution < -0.4 is 0 Å². The van der Waals surface area contributed by atoms with Crippen LogP contribution in [0.15, 0.2) is 60.8 Å². The zero-order chi connectivity index (χ0) is 20.8. The summed E-state index contributed by atoms with van der Waals surface area (Å²) < 4.78 is 0. The van der Waals surface area contributed by atoms with Gasteiger partial charge in [-0.15, -0.1) is 0 Å². The molecule has 1 aliphatic rings. The van der Waals surface area contributed by atoms with Gasteiger partial charge >= 0.3 is 0 Å². The van der Waals surface area contributed by atoms with Crippen LogP contribution >= 0.6 is 0 Å². The van der Waals surface area contributed by atoms with Gasteiger partial charge < -0.3 is 4.98 Å². The third-order valence-electron chi connectivity index (χ3n) is 5.81. The quantitative estimate of drug-likeness (QED) is 0.383. The molecule has 1 N–H and O–H groups in total. The van der Waals surface area contributed by atoms with Crippen molar-refractivity contribution < 1.29 is 14.4 Å². The second-order valence-electron chi connectivity index (χ2n) is 7.58. The summed E-state index contributed by atoms with van der Waals surface area (Å²) in [6.07, 6.45) is 3.37. The van der Waals surface area contributed by atoms with Gasteiger partial charge in [-0.2, -0.15) is 0 Å². The highest BCUT2D eigenvalue weighted by atomic mass is 16.2. The lowest BCUT2D eigenvalue weighted by molar-refractivity contribution is 0.0608. The molecule has 4 aromatic rings. The van der Waals surface area contributed by atoms with Crippen molar-refractivity contribution in [3.63, 3.8) is 0 Å². The molecule has 0 spiro atoms. The van der Waals surface area contributed by atoms with Crippen LogP contribution in [-0.4, -0.2) is 34.0 Å². The van der Waals surface area contributed by atoms with Gasteiger partial charge in [0, 0.05) is 51.3 Å². The Morgan fingerprint density at radius 2 is 1.60 bits per heavy atom. The maximum Gasteiger partial charge on any atom is 0.261 e. The third-order valence-corrected chi connectivity index (χ3v) is 5.81. The van der Waals surface area contributed by atoms with Crippen molar-refractivity contribution in [1.29, 1.82) is 0 Å². The molecule has 1 aliphatic heterocycles. The molecule has 2 heterocycles. The molecule has 0 unspecified atom stereocenters. The maximum atomic E-state index is 13.4. The van der Waals surface area contributed by atoms with Gasteiger partial charge in [0.25, 0.3) is 11.8 Å². The van der Waals surface area contributed by atoms with E-state index in [0.717, 1.165) is 23.7 Å². The first-order chi connectivity index (χ1) is 14.6. The van der Waals surface area contributed by atoms with E-state index in [2.05, 4.69) is 4.98 Å². The second kappa shape index (κ2) is 6.95. The molecule has 0 fully saturated rings. The highest BCUT2D eigenvalue weighted by Gasteiger charge is 2.33. The van der Waals surface area contributed by atoms with Crippen LogP contribution in [0.5, 0.6) is 0 Å². The average molecular weight is 396 g/mol. The summed E-state index contributed by atoms with van der Waals surface area (Å²) in [5.74, 6) is -0.712. The van der Waals surface area contributed by atoms with Crippen molar-refractivity contribution in [2.45, 2.75) is 19.8 Å². The number of fused-ring (bicyclic) bond motifs is 1. The molecule has 1 aromatic heterocycles. The number of ketones is 1. The number of benzene rings is 3. The molecule has 0 radical (unpaired) electrons. The monoisotopic (exact) mass is 396 g/mol. The van der Waals surface area contributed by atoms with Gasteiger partial charge in [-0.3, -0.25) is 19.3 Å². The van der Waals surface area contributed by atoms with Crippen LogP contribution in [-0.2, 0) is 0 Å². The number of hydrogen-bond acceptors (Lipinski definition) is 3. The van der Waals surface area contributed by atoms with E-state index in [4.69, 9.17) is 0 Å². The Morgan fingerprint density at radius 1 is 0.867 bits per heavy atom. The summed E-state index contributed by atoms with van der Waals surface area (Å²) in [6, 6.07) is 16.4. The van der Waals surface area contributed by atoms with Crippen molar-refractivity contribution in [2.75, 3.05) is 6.54 Å². The molecular formula is C25H20N2O3. The molecule has 148 valence electrons. The number of aromatic nitrogens is 1. The number of H-pyrrole nitrogens is 1. The Bertz CT molecular complexity index is 1330. The Balaban J connectivity index is 1.68. The Labute approximate surface area is 173 Å². The molecule has 2 amide bonds. The molecule has 0 saturated heterocycles. The van der Waals surface area contributed by atoms with Gasteiger partial charge in [0.1, 0.15) is 0 Å². The Morgan fingerprint density at radius 3 is 2.40 bits per heavy atom. The fourth-order valence-corrected chi connectivity index (χ4v) is 4.27. The van der Waals surface area contributed by atoms with Gasteiger partial charge in [0.2, 0.25) is 0 Å². The summed E-state index contributed by atoms with van der Waals surface area (Å²) in [7, 11) is 0. The number of carbonyl (C=O) groups excluding carboxylic acids is 3. The number of nitrogens with zero attached hydrogens (tertiary/aromatic N) is 1. The van der Waals surface area contributed by atoms with E-state index >= 15 is 0 Å². The van der Waals surface area contributed by atoms with Gasteiger partial charge in [0.15, 0.2) is 5.78 Å². The fraction of sp³-hybridized carbons (Fsp3) is 0.160. The van der Waals surface area contributed by atoms with Gasteiger partial charge in [-0.05, 0) is 36.1 Å². The zero-order valence-electron chi connectivity index (χ0n) is 16.6. The summed E-state index contributed by atoms with van der Waals surface area (Å²) >= 11 is 0. The van der Waals surface area contributed by atoms with Crippen LogP contribution in [0.2, 0.25) is 0 Å². The summed E-state index contributed by atoms with van der Waals surface area (Å²) in [5, 5.41) is 2.06. The number of carbonyl (C=O) groups is 3. The van der Waals surface area contributed by atoms with Crippen LogP contribution in [0.25, 0.3) is 21.7 Å². The van der Waals surface area contributed by atoms with Crippen LogP contribution in [0.1, 0.15) is 56.4 Å². The molecular weight excluding hydrogens is 376 g/mol. The number of unbranched alkanes of at least 4 members (excludes halogenated alkanes) is 1. The molecule has 5 nitrogen and oxygen atoms in total. The lowest BCUT2D eigenvalue weighted by Crippen LogP contribution is -2.40. The lowest BCUT2D eigenvalue weighted by atomic mass is 9.89. The predicted octanol–water partition coefficient (Wildman–Crippen LogP) is 4.95. The van der Waals surface area contributed by atoms with E-state index in [1.165, 1.54) is 4.90 Å². The van der Waals surface area contributed by atoms with Gasteiger partial charge in [-0.1, -0.05) is 43.7 Å². The topological polar surface area (TPSA) is 70.2 Å². The SMILES string of the molecule is CCCCN1C(=O)c2cccc3c(C(=O)c4c[nH]c5ccccc45)ccc(c23)C1=O. The highest BCUT2D eigenvalue weighted by Crippen LogP contribution is 2.34. The number of amides is 2. The number of rotatable bonds is 5. The number of aromatic amines is 1. The van der Waals surface area contributed by atoms with E-state index in [1.54, 1.807) is 30.5 Å². The molecule has 30 heavy (non-hydrogen) atoms. The Hall–Kier alpha value is -3.73. The number of hydrogen-bond donors (Lipinski definition) is 1. The van der Waals surface area contributed by atoms with Crippen molar-refractivity contribution in [2.24, 2.45) is 0 Å². The first-order valence-electron chi connectivity index (χ1n) is 10.1. The lowest BCUT2D eigenvalue weighted by Gasteiger charge is -2.27. The van der Waals surface area contributed by atoms with E-state index in [0.29, 0.717) is 39.6 Å². The molecule has 5 heteroatoms. The average Bonchev–Trinajstić information content (AvgIpc) is 3.21. The zero-order valence-corrected chi connectivity index (χ0v) is 16.6. The minimum atomic E-state index is -0.289. The molecule has 3 aromatic carbocycles. The van der Waals surface area contributed by atoms with E-state index in [9.17, 15) is 14.4 Å². The number of para-hydroxylation sites is 1. The van der Waals surface area contributed by atoms with Crippen LogP contribution in [0.4, 0.5) is 0 Å². The smallest absolute Gasteiger partial charge is 0.261 e. The van der Waals surface area contributed by atoms with Gasteiger partial charge in [0.05, 0.1) is 0 Å². The molecule has 0 saturated carbocycles. The van der Waals surface area contributed by atoms with Crippen LogP contribution in [0.3, 0.4) is 0 Å². The molecule has 0 aliphatic carbocycles. The molecule has 0 atom stereocenters. The third kappa shape index (κ3) is 2.59. The summed E-state index contributed by atoms with van der Waals surface area (Å²) in [4.78, 5) is 43.9. The minimum Gasteiger partial charge on any atom is -0.360 e. The standard InChI is InChI=1S/C25H20N2O3/c1-2-3-13-27-24(29)18-9-6-8-16-17(11-12-19(22(16)18)25(27)30)23(28)20-14-26-21-10-5-4-7-15(20)21/h4-12,14,26H,2-3,13H2,1H3. The number of imide groups is 1. The largest absolute Gasteiger partial charge is 0.360 e. The number of nitrogens with one attached hydrogen (secondary N) is 1. The summed E-state index contributed by atoms with van der Waals surface area (Å²) in [6.45, 7) is 2.43. The Kier molecular flexibility index (Phi) is 4.24. The fourth-order valence-electron chi connectivity index (χ4n) is 4.27. The first kappa shape index (κ1) is 18.3. The van der Waals surface area contributed by atoms with Gasteiger partial charge in [-0.25, -0.2) is 0 Å². The van der Waals surface area contributed by atoms with E-state index in [-0.39, 0.29) is 17.6 Å². The van der Waals surface area contributed by atoms with Crippen molar-refractivity contribution in [3.05, 3.63) is 83.0 Å². The van der Waals surface area contributed by atoms with Crippen molar-refractivity contribution in [1.82, 2.24) is 9.88 Å². The molecule has 5 rings (SSSR count). The second-order valence-corrected chi connectivity index (χ2v) is 7.58. The van der Waals surface area contributed by atoms with E-state index < -0.39 is 0 Å². The van der Waals surface area contributed by atoms with E-state index in [1.807, 2.05) is 37.3 Å².